The van der Waals surface area contributed by atoms with Gasteiger partial charge in [-0.3, -0.25) is 5.10 Å². The van der Waals surface area contributed by atoms with Crippen molar-refractivity contribution < 1.29 is 8.42 Å². The highest BCUT2D eigenvalue weighted by Crippen LogP contribution is 2.24. The van der Waals surface area contributed by atoms with Crippen molar-refractivity contribution in [2.45, 2.75) is 64.9 Å². The minimum atomic E-state index is -3.52. The van der Waals surface area contributed by atoms with Crippen LogP contribution in [0, 0.1) is 6.92 Å². The molecule has 0 amide bonds. The van der Waals surface area contributed by atoms with Gasteiger partial charge in [-0.1, -0.05) is 20.8 Å². The van der Waals surface area contributed by atoms with Crippen LogP contribution in [0.3, 0.4) is 0 Å². The summed E-state index contributed by atoms with van der Waals surface area (Å²) in [6.45, 7) is 11.4. The molecular weight excluding hydrogens is 288 g/mol. The molecule has 0 aliphatic rings. The van der Waals surface area contributed by atoms with E-state index < -0.39 is 10.0 Å². The number of rotatable bonds is 9. The summed E-state index contributed by atoms with van der Waals surface area (Å²) in [7, 11) is -3.52. The molecule has 7 heteroatoms. The van der Waals surface area contributed by atoms with Crippen LogP contribution >= 0.6 is 0 Å². The lowest BCUT2D eigenvalue weighted by Gasteiger charge is -2.26. The normalized spacial score (nSPS) is 13.8. The minimum absolute atomic E-state index is 0.0225. The molecule has 0 bridgehead atoms. The first-order valence-corrected chi connectivity index (χ1v) is 9.10. The fraction of sp³-hybridized carbons (Fsp3) is 0.786. The third kappa shape index (κ3) is 4.05. The smallest absolute Gasteiger partial charge is 0.247 e. The Balaban J connectivity index is 3.15. The number of nitrogens with one attached hydrogen (secondary N) is 2. The van der Waals surface area contributed by atoms with Crippen molar-refractivity contribution in [1.82, 2.24) is 19.8 Å². The Morgan fingerprint density at radius 3 is 2.52 bits per heavy atom. The maximum absolute atomic E-state index is 12.9. The number of H-pyrrole nitrogens is 1. The second-order valence-electron chi connectivity index (χ2n) is 5.27. The Bertz CT molecular complexity index is 539. The summed E-state index contributed by atoms with van der Waals surface area (Å²) in [4.78, 5) is 0.327. The van der Waals surface area contributed by atoms with E-state index in [-0.39, 0.29) is 6.04 Å². The molecule has 0 aliphatic carbocycles. The molecule has 1 aromatic heterocycles. The molecule has 1 unspecified atom stereocenters. The highest BCUT2D eigenvalue weighted by molar-refractivity contribution is 7.89. The Morgan fingerprint density at radius 2 is 2.00 bits per heavy atom. The van der Waals surface area contributed by atoms with E-state index in [2.05, 4.69) is 22.4 Å². The maximum atomic E-state index is 12.9. The molecule has 0 aliphatic heterocycles. The summed E-state index contributed by atoms with van der Waals surface area (Å²) >= 11 is 0. The van der Waals surface area contributed by atoms with Crippen molar-refractivity contribution >= 4 is 10.0 Å². The Hall–Kier alpha value is -0.920. The van der Waals surface area contributed by atoms with E-state index in [0.29, 0.717) is 29.4 Å². The second-order valence-corrected chi connectivity index (χ2v) is 7.09. The molecule has 2 N–H and O–H groups in total. The molecular formula is C14H28N4O2S. The van der Waals surface area contributed by atoms with E-state index in [0.717, 1.165) is 19.4 Å². The van der Waals surface area contributed by atoms with Crippen LogP contribution in [-0.4, -0.2) is 42.1 Å². The van der Waals surface area contributed by atoms with Crippen molar-refractivity contribution in [3.8, 4) is 0 Å². The minimum Gasteiger partial charge on any atom is -0.311 e. The van der Waals surface area contributed by atoms with Crippen LogP contribution in [0.1, 0.15) is 51.9 Å². The average molecular weight is 316 g/mol. The summed E-state index contributed by atoms with van der Waals surface area (Å²) < 4.78 is 27.4. The molecule has 0 spiro atoms. The fourth-order valence-electron chi connectivity index (χ4n) is 2.35. The van der Waals surface area contributed by atoms with Crippen LogP contribution in [0.5, 0.6) is 0 Å². The van der Waals surface area contributed by atoms with Crippen LogP contribution in [0.2, 0.25) is 0 Å². The van der Waals surface area contributed by atoms with E-state index in [1.807, 2.05) is 20.8 Å². The summed E-state index contributed by atoms with van der Waals surface area (Å²) in [6.07, 6.45) is 1.78. The molecule has 21 heavy (non-hydrogen) atoms. The van der Waals surface area contributed by atoms with Gasteiger partial charge in [0.1, 0.15) is 4.90 Å². The van der Waals surface area contributed by atoms with Gasteiger partial charge in [0.25, 0.3) is 0 Å². The zero-order valence-corrected chi connectivity index (χ0v) is 14.5. The standard InChI is InChI=1S/C14H28N4O2S/c1-6-9-15-10-13-14(12(5)16-17-13)21(19,20)18(8-3)11(4)7-2/h11,15H,6-10H2,1-5H3,(H,16,17). The number of sulfonamides is 1. The third-order valence-corrected chi connectivity index (χ3v) is 5.93. The van der Waals surface area contributed by atoms with Gasteiger partial charge in [-0.05, 0) is 33.2 Å². The van der Waals surface area contributed by atoms with Gasteiger partial charge < -0.3 is 5.32 Å². The van der Waals surface area contributed by atoms with Crippen LogP contribution in [0.25, 0.3) is 0 Å². The Kier molecular flexibility index (Phi) is 6.83. The van der Waals surface area contributed by atoms with Gasteiger partial charge in [0.15, 0.2) is 0 Å². The lowest BCUT2D eigenvalue weighted by atomic mass is 10.3. The molecule has 6 nitrogen and oxygen atoms in total. The monoisotopic (exact) mass is 316 g/mol. The van der Waals surface area contributed by atoms with Crippen molar-refractivity contribution in [1.29, 1.82) is 0 Å². The number of hydrogen-bond donors (Lipinski definition) is 2. The average Bonchev–Trinajstić information content (AvgIpc) is 2.81. The van der Waals surface area contributed by atoms with Gasteiger partial charge in [0.05, 0.1) is 11.4 Å². The Labute approximate surface area is 128 Å². The van der Waals surface area contributed by atoms with Crippen molar-refractivity contribution in [3.05, 3.63) is 11.4 Å². The number of hydrogen-bond acceptors (Lipinski definition) is 4. The number of aromatic nitrogens is 2. The first-order chi connectivity index (χ1) is 9.89. The topological polar surface area (TPSA) is 78.1 Å². The lowest BCUT2D eigenvalue weighted by molar-refractivity contribution is 0.342. The predicted octanol–water partition coefficient (Wildman–Crippen LogP) is 2.03. The number of nitrogens with zero attached hydrogens (tertiary/aromatic N) is 2. The summed E-state index contributed by atoms with van der Waals surface area (Å²) in [5.74, 6) is 0. The predicted molar refractivity (Wildman–Crippen MR) is 84.6 cm³/mol. The first-order valence-electron chi connectivity index (χ1n) is 7.66. The first kappa shape index (κ1) is 18.1. The van der Waals surface area contributed by atoms with E-state index in [1.54, 1.807) is 11.2 Å². The number of aryl methyl sites for hydroxylation is 1. The van der Waals surface area contributed by atoms with Crippen LogP contribution in [-0.2, 0) is 16.6 Å². The molecule has 122 valence electrons. The molecule has 0 saturated carbocycles. The highest BCUT2D eigenvalue weighted by atomic mass is 32.2. The second kappa shape index (κ2) is 7.91. The third-order valence-electron chi connectivity index (χ3n) is 3.64. The number of aromatic amines is 1. The zero-order chi connectivity index (χ0) is 16.0. The Morgan fingerprint density at radius 1 is 1.33 bits per heavy atom. The zero-order valence-electron chi connectivity index (χ0n) is 13.7. The largest absolute Gasteiger partial charge is 0.311 e. The van der Waals surface area contributed by atoms with Gasteiger partial charge in [0, 0.05) is 19.1 Å². The molecule has 1 rings (SSSR count). The van der Waals surface area contributed by atoms with E-state index in [1.165, 1.54) is 0 Å². The van der Waals surface area contributed by atoms with Gasteiger partial charge in [-0.15, -0.1) is 0 Å². The molecule has 1 aromatic rings. The van der Waals surface area contributed by atoms with Crippen molar-refractivity contribution in [2.75, 3.05) is 13.1 Å². The fourth-order valence-corrected chi connectivity index (χ4v) is 4.40. The maximum Gasteiger partial charge on any atom is 0.247 e. The summed E-state index contributed by atoms with van der Waals surface area (Å²) in [6, 6.07) is -0.0225. The molecule has 0 aromatic carbocycles. The van der Waals surface area contributed by atoms with Crippen molar-refractivity contribution in [2.24, 2.45) is 0 Å². The van der Waals surface area contributed by atoms with E-state index in [4.69, 9.17) is 0 Å². The van der Waals surface area contributed by atoms with Gasteiger partial charge in [-0.25, -0.2) is 8.42 Å². The molecule has 1 heterocycles. The van der Waals surface area contributed by atoms with Gasteiger partial charge >= 0.3 is 0 Å². The quantitative estimate of drug-likeness (QED) is 0.683. The van der Waals surface area contributed by atoms with Gasteiger partial charge in [0.2, 0.25) is 10.0 Å². The van der Waals surface area contributed by atoms with E-state index in [9.17, 15) is 8.42 Å². The highest BCUT2D eigenvalue weighted by Gasteiger charge is 2.32. The van der Waals surface area contributed by atoms with Crippen LogP contribution in [0.15, 0.2) is 4.90 Å². The SMILES string of the molecule is CCCNCc1n[nH]c(C)c1S(=O)(=O)N(CC)C(C)CC. The van der Waals surface area contributed by atoms with E-state index >= 15 is 0 Å². The molecule has 0 fully saturated rings. The summed E-state index contributed by atoms with van der Waals surface area (Å²) in [5.41, 5.74) is 1.17. The molecule has 1 atom stereocenters. The lowest BCUT2D eigenvalue weighted by Crippen LogP contribution is -2.38. The van der Waals surface area contributed by atoms with Gasteiger partial charge in [-0.2, -0.15) is 9.40 Å². The van der Waals surface area contributed by atoms with Crippen LogP contribution in [0.4, 0.5) is 0 Å². The van der Waals surface area contributed by atoms with Crippen molar-refractivity contribution in [3.63, 3.8) is 0 Å². The molecule has 0 saturated heterocycles. The molecule has 0 radical (unpaired) electrons. The van der Waals surface area contributed by atoms with Crippen LogP contribution < -0.4 is 5.32 Å². The summed E-state index contributed by atoms with van der Waals surface area (Å²) in [5, 5.41) is 10.2.